The first-order chi connectivity index (χ1) is 13.6. The van der Waals surface area contributed by atoms with E-state index in [4.69, 9.17) is 5.73 Å². The van der Waals surface area contributed by atoms with Gasteiger partial charge in [0.1, 0.15) is 0 Å². The third-order valence-corrected chi connectivity index (χ3v) is 6.24. The van der Waals surface area contributed by atoms with Crippen molar-refractivity contribution in [3.63, 3.8) is 0 Å². The Morgan fingerprint density at radius 1 is 0.964 bits per heavy atom. The van der Waals surface area contributed by atoms with Crippen molar-refractivity contribution in [3.05, 3.63) is 65.7 Å². The van der Waals surface area contributed by atoms with E-state index >= 15 is 0 Å². The number of carbonyl (C=O) groups is 2. The van der Waals surface area contributed by atoms with Crippen LogP contribution in [0.3, 0.4) is 0 Å². The lowest BCUT2D eigenvalue weighted by atomic mass is 9.84. The lowest BCUT2D eigenvalue weighted by Crippen LogP contribution is -2.42. The Morgan fingerprint density at radius 3 is 2.36 bits per heavy atom. The quantitative estimate of drug-likeness (QED) is 0.724. The fraction of sp³-hybridized carbons (Fsp3) is 0.391. The van der Waals surface area contributed by atoms with Crippen LogP contribution in [0.25, 0.3) is 0 Å². The van der Waals surface area contributed by atoms with Gasteiger partial charge < -0.3 is 16.4 Å². The number of hydrogen-bond acceptors (Lipinski definition) is 3. The second-order valence-electron chi connectivity index (χ2n) is 7.99. The van der Waals surface area contributed by atoms with Crippen molar-refractivity contribution in [3.8, 4) is 0 Å². The molecule has 0 heterocycles. The highest BCUT2D eigenvalue weighted by molar-refractivity contribution is 5.96. The van der Waals surface area contributed by atoms with Crippen LogP contribution in [-0.2, 0) is 11.2 Å². The first-order valence-corrected chi connectivity index (χ1v) is 10.1. The van der Waals surface area contributed by atoms with E-state index in [0.29, 0.717) is 29.6 Å². The van der Waals surface area contributed by atoms with Gasteiger partial charge in [-0.2, -0.15) is 0 Å². The molecule has 2 aromatic rings. The van der Waals surface area contributed by atoms with E-state index in [1.54, 1.807) is 24.3 Å². The topological polar surface area (TPSA) is 84.2 Å². The molecule has 2 aliphatic rings. The standard InChI is InChI=1S/C23H27N3O2/c24-21-18-7-6-17(14-18)20(21)23(28)26-19-10-8-16(9-11-19)22(27)25-13-12-15-4-2-1-3-5-15/h1-5,8-11,17-18,20-21H,6-7,12-14,24H2,(H,25,27)(H,26,28). The molecule has 28 heavy (non-hydrogen) atoms. The van der Waals surface area contributed by atoms with Crippen LogP contribution >= 0.6 is 0 Å². The number of hydrogen-bond donors (Lipinski definition) is 3. The minimum atomic E-state index is -0.107. The van der Waals surface area contributed by atoms with Crippen LogP contribution in [0.2, 0.25) is 0 Å². The second-order valence-corrected chi connectivity index (χ2v) is 7.99. The van der Waals surface area contributed by atoms with E-state index in [1.807, 2.05) is 30.3 Å². The van der Waals surface area contributed by atoms with Gasteiger partial charge in [-0.05, 0) is 67.3 Å². The van der Waals surface area contributed by atoms with Crippen molar-refractivity contribution in [2.24, 2.45) is 23.5 Å². The predicted octanol–water partition coefficient (Wildman–Crippen LogP) is 2.97. The Kier molecular flexibility index (Phi) is 5.44. The van der Waals surface area contributed by atoms with Gasteiger partial charge in [0.15, 0.2) is 0 Å². The van der Waals surface area contributed by atoms with E-state index in [1.165, 1.54) is 5.56 Å². The van der Waals surface area contributed by atoms with Crippen molar-refractivity contribution in [1.29, 1.82) is 0 Å². The molecule has 5 nitrogen and oxygen atoms in total. The Hall–Kier alpha value is -2.66. The molecule has 0 aromatic heterocycles. The molecule has 4 atom stereocenters. The highest BCUT2D eigenvalue weighted by Gasteiger charge is 2.49. The zero-order chi connectivity index (χ0) is 19.5. The number of amides is 2. The van der Waals surface area contributed by atoms with E-state index in [9.17, 15) is 9.59 Å². The minimum Gasteiger partial charge on any atom is -0.352 e. The number of nitrogens with two attached hydrogens (primary N) is 1. The smallest absolute Gasteiger partial charge is 0.251 e. The minimum absolute atomic E-state index is 0.0137. The van der Waals surface area contributed by atoms with E-state index in [0.717, 1.165) is 25.7 Å². The summed E-state index contributed by atoms with van der Waals surface area (Å²) in [5.41, 5.74) is 8.75. The molecule has 4 rings (SSSR count). The molecule has 0 saturated heterocycles. The molecule has 0 spiro atoms. The highest BCUT2D eigenvalue weighted by Crippen LogP contribution is 2.47. The fourth-order valence-corrected chi connectivity index (χ4v) is 4.72. The van der Waals surface area contributed by atoms with Crippen molar-refractivity contribution in [2.75, 3.05) is 11.9 Å². The molecule has 2 saturated carbocycles. The molecule has 2 bridgehead atoms. The number of carbonyl (C=O) groups excluding carboxylic acids is 2. The average molecular weight is 377 g/mol. The van der Waals surface area contributed by atoms with Gasteiger partial charge in [0.25, 0.3) is 5.91 Å². The molecule has 5 heteroatoms. The van der Waals surface area contributed by atoms with Gasteiger partial charge >= 0.3 is 0 Å². The van der Waals surface area contributed by atoms with Crippen molar-refractivity contribution >= 4 is 17.5 Å². The van der Waals surface area contributed by atoms with Crippen LogP contribution in [-0.4, -0.2) is 24.4 Å². The molecule has 2 aromatic carbocycles. The molecule has 0 radical (unpaired) electrons. The summed E-state index contributed by atoms with van der Waals surface area (Å²) in [7, 11) is 0. The van der Waals surface area contributed by atoms with Crippen LogP contribution in [0.5, 0.6) is 0 Å². The number of nitrogens with one attached hydrogen (secondary N) is 2. The number of anilines is 1. The number of fused-ring (bicyclic) bond motifs is 2. The lowest BCUT2D eigenvalue weighted by molar-refractivity contribution is -0.121. The number of benzene rings is 2. The lowest BCUT2D eigenvalue weighted by Gasteiger charge is -2.27. The summed E-state index contributed by atoms with van der Waals surface area (Å²) in [6.07, 6.45) is 4.15. The fourth-order valence-electron chi connectivity index (χ4n) is 4.72. The Morgan fingerprint density at radius 2 is 1.68 bits per heavy atom. The van der Waals surface area contributed by atoms with Crippen molar-refractivity contribution in [2.45, 2.75) is 31.7 Å². The molecular weight excluding hydrogens is 350 g/mol. The summed E-state index contributed by atoms with van der Waals surface area (Å²) in [4.78, 5) is 24.9. The van der Waals surface area contributed by atoms with Crippen LogP contribution in [0.4, 0.5) is 5.69 Å². The van der Waals surface area contributed by atoms with Gasteiger partial charge in [0, 0.05) is 23.8 Å². The van der Waals surface area contributed by atoms with Gasteiger partial charge in [-0.1, -0.05) is 30.3 Å². The molecule has 146 valence electrons. The van der Waals surface area contributed by atoms with Gasteiger partial charge in [-0.3, -0.25) is 9.59 Å². The molecular formula is C23H27N3O2. The Bertz CT molecular complexity index is 833. The summed E-state index contributed by atoms with van der Waals surface area (Å²) >= 11 is 0. The molecule has 0 aliphatic heterocycles. The first kappa shape index (κ1) is 18.7. The van der Waals surface area contributed by atoms with Crippen molar-refractivity contribution in [1.82, 2.24) is 5.32 Å². The SMILES string of the molecule is NC1C2CCC(C2)C1C(=O)Nc1ccc(C(=O)NCCc2ccccc2)cc1. The largest absolute Gasteiger partial charge is 0.352 e. The molecule has 2 aliphatic carbocycles. The zero-order valence-electron chi connectivity index (χ0n) is 15.9. The highest BCUT2D eigenvalue weighted by atomic mass is 16.2. The molecule has 2 amide bonds. The number of rotatable bonds is 6. The summed E-state index contributed by atoms with van der Waals surface area (Å²) in [5, 5.41) is 5.91. The molecule has 4 unspecified atom stereocenters. The third kappa shape index (κ3) is 3.94. The summed E-state index contributed by atoms with van der Waals surface area (Å²) in [6, 6.07) is 17.1. The molecule has 4 N–H and O–H groups in total. The van der Waals surface area contributed by atoms with Crippen LogP contribution < -0.4 is 16.4 Å². The maximum atomic E-state index is 12.6. The van der Waals surface area contributed by atoms with Crippen LogP contribution in [0, 0.1) is 17.8 Å². The Balaban J connectivity index is 1.28. The summed E-state index contributed by atoms with van der Waals surface area (Å²) < 4.78 is 0. The average Bonchev–Trinajstić information content (AvgIpc) is 3.30. The predicted molar refractivity (Wildman–Crippen MR) is 110 cm³/mol. The van der Waals surface area contributed by atoms with Gasteiger partial charge in [0.2, 0.25) is 5.91 Å². The van der Waals surface area contributed by atoms with E-state index in [-0.39, 0.29) is 23.8 Å². The summed E-state index contributed by atoms with van der Waals surface area (Å²) in [6.45, 7) is 0.587. The van der Waals surface area contributed by atoms with Crippen LogP contribution in [0.15, 0.2) is 54.6 Å². The van der Waals surface area contributed by atoms with Crippen LogP contribution in [0.1, 0.15) is 35.2 Å². The normalized spacial score (nSPS) is 25.5. The monoisotopic (exact) mass is 377 g/mol. The molecule has 2 fully saturated rings. The maximum Gasteiger partial charge on any atom is 0.251 e. The third-order valence-electron chi connectivity index (χ3n) is 6.24. The first-order valence-electron chi connectivity index (χ1n) is 10.1. The zero-order valence-corrected chi connectivity index (χ0v) is 15.9. The van der Waals surface area contributed by atoms with Gasteiger partial charge in [-0.25, -0.2) is 0 Å². The van der Waals surface area contributed by atoms with Gasteiger partial charge in [-0.15, -0.1) is 0 Å². The maximum absolute atomic E-state index is 12.6. The van der Waals surface area contributed by atoms with Crippen molar-refractivity contribution < 1.29 is 9.59 Å². The van der Waals surface area contributed by atoms with Gasteiger partial charge in [0.05, 0.1) is 5.92 Å². The second kappa shape index (κ2) is 8.15. The Labute approximate surface area is 165 Å². The summed E-state index contributed by atoms with van der Waals surface area (Å²) in [5.74, 6) is 0.751. The van der Waals surface area contributed by atoms with E-state index in [2.05, 4.69) is 10.6 Å². The van der Waals surface area contributed by atoms with E-state index < -0.39 is 0 Å².